The van der Waals surface area contributed by atoms with Gasteiger partial charge in [-0.1, -0.05) is 24.3 Å². The van der Waals surface area contributed by atoms with Gasteiger partial charge in [-0.15, -0.1) is 11.3 Å². The van der Waals surface area contributed by atoms with Crippen molar-refractivity contribution in [2.24, 2.45) is 0 Å². The minimum atomic E-state index is 0.104. The monoisotopic (exact) mass is 371 g/mol. The fourth-order valence-electron chi connectivity index (χ4n) is 3.07. The number of rotatable bonds is 7. The van der Waals surface area contributed by atoms with Gasteiger partial charge in [-0.3, -0.25) is 14.5 Å². The Morgan fingerprint density at radius 1 is 1.00 bits per heavy atom. The Morgan fingerprint density at radius 2 is 1.77 bits per heavy atom. The topological polar surface area (TPSA) is 52.7 Å². The average Bonchev–Trinajstić information content (AvgIpc) is 3.21. The molecule has 6 heteroatoms. The van der Waals surface area contributed by atoms with Crippen LogP contribution in [-0.2, 0) is 11.2 Å². The minimum Gasteiger partial charge on any atom is -0.355 e. The number of aryl methyl sites for hydroxylation is 1. The first-order valence-corrected chi connectivity index (χ1v) is 9.96. The van der Waals surface area contributed by atoms with E-state index in [9.17, 15) is 9.59 Å². The third-order valence-corrected chi connectivity index (χ3v) is 5.55. The van der Waals surface area contributed by atoms with E-state index >= 15 is 0 Å². The summed E-state index contributed by atoms with van der Waals surface area (Å²) in [6, 6.07) is 13.5. The molecule has 1 fully saturated rings. The standard InChI is InChI=1S/C20H25N3O2S/c24-19(9-8-18-7-4-16-26-18)21-10-11-22-12-14-23(15-13-22)20(25)17-5-2-1-3-6-17/h1-7,16H,8-15H2,(H,21,24). The fraction of sp³-hybridized carbons (Fsp3) is 0.400. The number of hydrogen-bond acceptors (Lipinski definition) is 4. The van der Waals surface area contributed by atoms with Crippen molar-refractivity contribution < 1.29 is 9.59 Å². The van der Waals surface area contributed by atoms with Gasteiger partial charge in [0.1, 0.15) is 0 Å². The molecule has 1 aliphatic heterocycles. The van der Waals surface area contributed by atoms with E-state index in [4.69, 9.17) is 0 Å². The minimum absolute atomic E-state index is 0.104. The Hall–Kier alpha value is -2.18. The summed E-state index contributed by atoms with van der Waals surface area (Å²) in [6.45, 7) is 4.67. The number of piperazine rings is 1. The summed E-state index contributed by atoms with van der Waals surface area (Å²) in [5.74, 6) is 0.212. The summed E-state index contributed by atoms with van der Waals surface area (Å²) < 4.78 is 0. The summed E-state index contributed by atoms with van der Waals surface area (Å²) >= 11 is 1.69. The van der Waals surface area contributed by atoms with Crippen molar-refractivity contribution in [1.82, 2.24) is 15.1 Å². The number of hydrogen-bond donors (Lipinski definition) is 1. The molecule has 138 valence electrons. The number of nitrogens with zero attached hydrogens (tertiary/aromatic N) is 2. The van der Waals surface area contributed by atoms with Crippen LogP contribution < -0.4 is 5.32 Å². The molecule has 5 nitrogen and oxygen atoms in total. The van der Waals surface area contributed by atoms with Crippen LogP contribution in [0.2, 0.25) is 0 Å². The average molecular weight is 372 g/mol. The molecule has 2 amide bonds. The molecule has 2 heterocycles. The number of thiophene rings is 1. The van der Waals surface area contributed by atoms with Crippen molar-refractivity contribution in [3.8, 4) is 0 Å². The summed E-state index contributed by atoms with van der Waals surface area (Å²) in [5, 5.41) is 5.03. The van der Waals surface area contributed by atoms with Crippen molar-refractivity contribution in [3.63, 3.8) is 0 Å². The molecule has 3 rings (SSSR count). The maximum absolute atomic E-state index is 12.4. The van der Waals surface area contributed by atoms with Crippen molar-refractivity contribution in [3.05, 3.63) is 58.3 Å². The molecule has 26 heavy (non-hydrogen) atoms. The molecule has 0 radical (unpaired) electrons. The van der Waals surface area contributed by atoms with E-state index < -0.39 is 0 Å². The first-order valence-electron chi connectivity index (χ1n) is 9.08. The molecule has 1 aromatic heterocycles. The van der Waals surface area contributed by atoms with Crippen molar-refractivity contribution >= 4 is 23.2 Å². The molecule has 0 bridgehead atoms. The largest absolute Gasteiger partial charge is 0.355 e. The van der Waals surface area contributed by atoms with Gasteiger partial charge in [0.05, 0.1) is 0 Å². The number of carbonyl (C=O) groups is 2. The molecule has 0 atom stereocenters. The molecule has 1 N–H and O–H groups in total. The van der Waals surface area contributed by atoms with Crippen LogP contribution in [0, 0.1) is 0 Å². The highest BCUT2D eigenvalue weighted by Gasteiger charge is 2.21. The lowest BCUT2D eigenvalue weighted by molar-refractivity contribution is -0.121. The molecular weight excluding hydrogens is 346 g/mol. The Kier molecular flexibility index (Phi) is 6.80. The van der Waals surface area contributed by atoms with Gasteiger partial charge in [0.15, 0.2) is 0 Å². The van der Waals surface area contributed by atoms with E-state index in [1.165, 1.54) is 4.88 Å². The van der Waals surface area contributed by atoms with E-state index in [0.29, 0.717) is 13.0 Å². The summed E-state index contributed by atoms with van der Waals surface area (Å²) in [6.07, 6.45) is 1.35. The number of amides is 2. The molecule has 0 unspecified atom stereocenters. The lowest BCUT2D eigenvalue weighted by Crippen LogP contribution is -2.50. The van der Waals surface area contributed by atoms with Gasteiger partial charge in [-0.05, 0) is 30.0 Å². The maximum atomic E-state index is 12.4. The van der Waals surface area contributed by atoms with Crippen LogP contribution in [0.4, 0.5) is 0 Å². The Bertz CT molecular complexity index is 695. The quantitative estimate of drug-likeness (QED) is 0.812. The highest BCUT2D eigenvalue weighted by molar-refractivity contribution is 7.09. The van der Waals surface area contributed by atoms with Crippen LogP contribution in [-0.4, -0.2) is 60.9 Å². The zero-order chi connectivity index (χ0) is 18.2. The van der Waals surface area contributed by atoms with Crippen molar-refractivity contribution in [2.75, 3.05) is 39.3 Å². The lowest BCUT2D eigenvalue weighted by Gasteiger charge is -2.34. The SMILES string of the molecule is O=C(CCc1cccs1)NCCN1CCN(C(=O)c2ccccc2)CC1. The lowest BCUT2D eigenvalue weighted by atomic mass is 10.2. The first kappa shape index (κ1) is 18.6. The highest BCUT2D eigenvalue weighted by Crippen LogP contribution is 2.11. The zero-order valence-corrected chi connectivity index (χ0v) is 15.7. The van der Waals surface area contributed by atoms with Crippen LogP contribution in [0.1, 0.15) is 21.7 Å². The third kappa shape index (κ3) is 5.41. The highest BCUT2D eigenvalue weighted by atomic mass is 32.1. The smallest absolute Gasteiger partial charge is 0.253 e. The van der Waals surface area contributed by atoms with Crippen LogP contribution >= 0.6 is 11.3 Å². The van der Waals surface area contributed by atoms with Crippen LogP contribution in [0.15, 0.2) is 47.8 Å². The molecule has 1 saturated heterocycles. The molecule has 0 aliphatic carbocycles. The first-order chi connectivity index (χ1) is 12.7. The molecule has 0 spiro atoms. The van der Waals surface area contributed by atoms with E-state index in [2.05, 4.69) is 16.3 Å². The predicted octanol–water partition coefficient (Wildman–Crippen LogP) is 2.25. The van der Waals surface area contributed by atoms with E-state index in [-0.39, 0.29) is 11.8 Å². The van der Waals surface area contributed by atoms with Gasteiger partial charge in [0.25, 0.3) is 5.91 Å². The van der Waals surface area contributed by atoms with Gasteiger partial charge in [0, 0.05) is 56.1 Å². The zero-order valence-electron chi connectivity index (χ0n) is 14.9. The maximum Gasteiger partial charge on any atom is 0.253 e. The Morgan fingerprint density at radius 3 is 2.46 bits per heavy atom. The van der Waals surface area contributed by atoms with Crippen LogP contribution in [0.3, 0.4) is 0 Å². The van der Waals surface area contributed by atoms with Gasteiger partial charge < -0.3 is 10.2 Å². The second kappa shape index (κ2) is 9.50. The summed E-state index contributed by atoms with van der Waals surface area (Å²) in [5.41, 5.74) is 0.749. The van der Waals surface area contributed by atoms with Crippen molar-refractivity contribution in [2.45, 2.75) is 12.8 Å². The molecule has 2 aromatic rings. The Balaban J connectivity index is 1.31. The van der Waals surface area contributed by atoms with Crippen LogP contribution in [0.25, 0.3) is 0 Å². The number of benzene rings is 1. The summed E-state index contributed by atoms with van der Waals surface area (Å²) in [4.78, 5) is 29.8. The second-order valence-electron chi connectivity index (χ2n) is 6.43. The van der Waals surface area contributed by atoms with E-state index in [0.717, 1.165) is 44.7 Å². The predicted molar refractivity (Wildman–Crippen MR) is 104 cm³/mol. The van der Waals surface area contributed by atoms with Crippen molar-refractivity contribution in [1.29, 1.82) is 0 Å². The van der Waals surface area contributed by atoms with Gasteiger partial charge in [0.2, 0.25) is 5.91 Å². The number of nitrogens with one attached hydrogen (secondary N) is 1. The van der Waals surface area contributed by atoms with Crippen LogP contribution in [0.5, 0.6) is 0 Å². The molecular formula is C20H25N3O2S. The molecule has 0 saturated carbocycles. The number of carbonyl (C=O) groups excluding carboxylic acids is 2. The Labute approximate surface area is 158 Å². The molecule has 1 aromatic carbocycles. The van der Waals surface area contributed by atoms with Gasteiger partial charge in [-0.2, -0.15) is 0 Å². The second-order valence-corrected chi connectivity index (χ2v) is 7.46. The molecule has 1 aliphatic rings. The van der Waals surface area contributed by atoms with E-state index in [1.807, 2.05) is 46.7 Å². The van der Waals surface area contributed by atoms with Gasteiger partial charge >= 0.3 is 0 Å². The van der Waals surface area contributed by atoms with Gasteiger partial charge in [-0.25, -0.2) is 0 Å². The summed E-state index contributed by atoms with van der Waals surface area (Å²) in [7, 11) is 0. The third-order valence-electron chi connectivity index (χ3n) is 4.61. The fourth-order valence-corrected chi connectivity index (χ4v) is 3.78. The van der Waals surface area contributed by atoms with E-state index in [1.54, 1.807) is 11.3 Å². The normalized spacial score (nSPS) is 15.0.